The van der Waals surface area contributed by atoms with Crippen molar-refractivity contribution in [1.29, 1.82) is 0 Å². The maximum absolute atomic E-state index is 10.9. The van der Waals surface area contributed by atoms with Crippen molar-refractivity contribution >= 4 is 17.3 Å². The monoisotopic (exact) mass is 174 g/mol. The van der Waals surface area contributed by atoms with Crippen LogP contribution in [0.2, 0.25) is 0 Å². The number of carbonyl (C=O) groups excluding carboxylic acids is 1. The molecule has 66 valence electrons. The summed E-state index contributed by atoms with van der Waals surface area (Å²) in [6.45, 7) is 0. The molecule has 2 N–H and O–H groups in total. The molecule has 3 rings (SSSR count). The molecule has 3 heteroatoms. The summed E-state index contributed by atoms with van der Waals surface area (Å²) in [5.74, 6) is 0. The van der Waals surface area contributed by atoms with E-state index in [1.807, 2.05) is 12.1 Å². The van der Waals surface area contributed by atoms with Gasteiger partial charge in [0.05, 0.1) is 16.4 Å². The molecule has 0 atom stereocenters. The van der Waals surface area contributed by atoms with Gasteiger partial charge >= 0.3 is 0 Å². The van der Waals surface area contributed by atoms with Crippen molar-refractivity contribution in [3.05, 3.63) is 23.8 Å². The molecule has 0 spiro atoms. The molecule has 1 aromatic carbocycles. The van der Waals surface area contributed by atoms with Gasteiger partial charge in [-0.2, -0.15) is 0 Å². The van der Waals surface area contributed by atoms with E-state index in [9.17, 15) is 4.79 Å². The molecule has 1 fully saturated rings. The topological polar surface area (TPSA) is 48.6 Å². The van der Waals surface area contributed by atoms with Crippen LogP contribution in [0.1, 0.15) is 18.4 Å². The van der Waals surface area contributed by atoms with Crippen molar-refractivity contribution < 1.29 is 4.79 Å². The van der Waals surface area contributed by atoms with Gasteiger partial charge in [-0.3, -0.25) is 10.2 Å². The van der Waals surface area contributed by atoms with E-state index in [2.05, 4.69) is 16.3 Å². The predicted molar refractivity (Wildman–Crippen MR) is 49.6 cm³/mol. The van der Waals surface area contributed by atoms with E-state index >= 15 is 0 Å². The van der Waals surface area contributed by atoms with E-state index < -0.39 is 0 Å². The van der Waals surface area contributed by atoms with Gasteiger partial charge < -0.3 is 4.79 Å². The van der Waals surface area contributed by atoms with Crippen molar-refractivity contribution in [2.75, 3.05) is 0 Å². The number of carbonyl (C=O) groups is 1. The molecule has 0 amide bonds. The Kier molecular flexibility index (Phi) is 1.09. The number of aromatic amines is 2. The SMILES string of the molecule is O=CC1(c2ccc3[nH][nH]c3c2)CC1. The number of aromatic nitrogens is 2. The van der Waals surface area contributed by atoms with Crippen LogP contribution in [0.3, 0.4) is 0 Å². The molecule has 0 unspecified atom stereocenters. The van der Waals surface area contributed by atoms with Crippen molar-refractivity contribution in [2.45, 2.75) is 18.3 Å². The first-order valence-corrected chi connectivity index (χ1v) is 4.47. The summed E-state index contributed by atoms with van der Waals surface area (Å²) in [5, 5.41) is 5.96. The Morgan fingerprint density at radius 1 is 1.23 bits per heavy atom. The summed E-state index contributed by atoms with van der Waals surface area (Å²) in [4.78, 5) is 10.9. The minimum atomic E-state index is -0.147. The second-order valence-corrected chi connectivity index (χ2v) is 3.78. The Hall–Kier alpha value is -1.51. The van der Waals surface area contributed by atoms with Crippen LogP contribution in [-0.4, -0.2) is 16.5 Å². The number of H-pyrrole nitrogens is 2. The molecule has 13 heavy (non-hydrogen) atoms. The van der Waals surface area contributed by atoms with Gasteiger partial charge in [0.25, 0.3) is 0 Å². The number of fused-ring (bicyclic) bond motifs is 1. The van der Waals surface area contributed by atoms with Gasteiger partial charge in [0, 0.05) is 0 Å². The molecule has 0 radical (unpaired) electrons. The lowest BCUT2D eigenvalue weighted by Crippen LogP contribution is -2.08. The quantitative estimate of drug-likeness (QED) is 0.669. The van der Waals surface area contributed by atoms with Crippen LogP contribution in [0.15, 0.2) is 18.2 Å². The van der Waals surface area contributed by atoms with Crippen molar-refractivity contribution in [2.24, 2.45) is 0 Å². The highest BCUT2D eigenvalue weighted by Gasteiger charge is 2.44. The molecule has 1 aliphatic carbocycles. The zero-order chi connectivity index (χ0) is 8.89. The highest BCUT2D eigenvalue weighted by atomic mass is 16.1. The van der Waals surface area contributed by atoms with Gasteiger partial charge in [0.15, 0.2) is 0 Å². The first-order valence-electron chi connectivity index (χ1n) is 4.47. The number of aldehydes is 1. The van der Waals surface area contributed by atoms with Gasteiger partial charge in [0.2, 0.25) is 0 Å². The van der Waals surface area contributed by atoms with Crippen LogP contribution in [0.4, 0.5) is 0 Å². The van der Waals surface area contributed by atoms with Crippen molar-refractivity contribution in [3.8, 4) is 0 Å². The third-order valence-electron chi connectivity index (χ3n) is 2.94. The largest absolute Gasteiger partial charge is 0.302 e. The summed E-state index contributed by atoms with van der Waals surface area (Å²) in [7, 11) is 0. The molecular weight excluding hydrogens is 164 g/mol. The Morgan fingerprint density at radius 3 is 2.46 bits per heavy atom. The molecule has 1 aliphatic rings. The molecule has 3 nitrogen and oxygen atoms in total. The summed E-state index contributed by atoms with van der Waals surface area (Å²) >= 11 is 0. The number of nitrogens with one attached hydrogen (secondary N) is 2. The highest BCUT2D eigenvalue weighted by Crippen LogP contribution is 2.46. The predicted octanol–water partition coefficient (Wildman–Crippen LogP) is 1.73. The Labute approximate surface area is 75.1 Å². The molecule has 0 saturated heterocycles. The number of hydrogen-bond donors (Lipinski definition) is 2. The number of benzene rings is 1. The third-order valence-corrected chi connectivity index (χ3v) is 2.94. The van der Waals surface area contributed by atoms with Crippen LogP contribution >= 0.6 is 0 Å². The Balaban J connectivity index is 2.13. The molecule has 1 heterocycles. The second kappa shape index (κ2) is 2.05. The van der Waals surface area contributed by atoms with Gasteiger partial charge in [-0.1, -0.05) is 6.07 Å². The summed E-state index contributed by atoms with van der Waals surface area (Å²) < 4.78 is 0. The van der Waals surface area contributed by atoms with E-state index in [4.69, 9.17) is 0 Å². The fraction of sp³-hybridized carbons (Fsp3) is 0.300. The lowest BCUT2D eigenvalue weighted by atomic mass is 9.97. The van der Waals surface area contributed by atoms with E-state index in [1.165, 1.54) is 0 Å². The molecule has 1 saturated carbocycles. The van der Waals surface area contributed by atoms with E-state index in [-0.39, 0.29) is 5.41 Å². The van der Waals surface area contributed by atoms with Gasteiger partial charge in [-0.25, -0.2) is 0 Å². The fourth-order valence-corrected chi connectivity index (χ4v) is 1.75. The third kappa shape index (κ3) is 0.813. The summed E-state index contributed by atoms with van der Waals surface area (Å²) in [6, 6.07) is 6.12. The lowest BCUT2D eigenvalue weighted by Gasteiger charge is -2.10. The van der Waals surface area contributed by atoms with Gasteiger partial charge in [-0.15, -0.1) is 0 Å². The average Bonchev–Trinajstić information content (AvgIpc) is 2.88. The number of rotatable bonds is 2. The molecule has 2 aromatic rings. The maximum Gasteiger partial charge on any atom is 0.130 e. The number of hydrogen-bond acceptors (Lipinski definition) is 1. The zero-order valence-electron chi connectivity index (χ0n) is 7.13. The molecular formula is C10H10N2O. The zero-order valence-corrected chi connectivity index (χ0v) is 7.13. The van der Waals surface area contributed by atoms with Crippen LogP contribution in [-0.2, 0) is 10.2 Å². The van der Waals surface area contributed by atoms with Gasteiger partial charge in [-0.05, 0) is 30.5 Å². The van der Waals surface area contributed by atoms with Crippen molar-refractivity contribution in [3.63, 3.8) is 0 Å². The fourth-order valence-electron chi connectivity index (χ4n) is 1.75. The minimum Gasteiger partial charge on any atom is -0.302 e. The smallest absolute Gasteiger partial charge is 0.130 e. The lowest BCUT2D eigenvalue weighted by molar-refractivity contribution is -0.109. The Bertz CT molecular complexity index is 462. The first kappa shape index (κ1) is 6.95. The van der Waals surface area contributed by atoms with E-state index in [0.717, 1.165) is 35.7 Å². The molecule has 0 aliphatic heterocycles. The van der Waals surface area contributed by atoms with E-state index in [0.29, 0.717) is 0 Å². The maximum atomic E-state index is 10.9. The van der Waals surface area contributed by atoms with Crippen LogP contribution in [0.25, 0.3) is 11.0 Å². The van der Waals surface area contributed by atoms with Crippen LogP contribution in [0, 0.1) is 0 Å². The highest BCUT2D eigenvalue weighted by molar-refractivity contribution is 5.81. The van der Waals surface area contributed by atoms with Crippen molar-refractivity contribution in [1.82, 2.24) is 10.2 Å². The van der Waals surface area contributed by atoms with Gasteiger partial charge in [0.1, 0.15) is 6.29 Å². The molecule has 1 aromatic heterocycles. The standard InChI is InChI=1S/C10H10N2O/c13-6-10(3-4-10)7-1-2-8-9(5-7)12-11-8/h1-2,5-6,11-12H,3-4H2. The molecule has 0 bridgehead atoms. The summed E-state index contributed by atoms with van der Waals surface area (Å²) in [5.41, 5.74) is 3.22. The summed E-state index contributed by atoms with van der Waals surface area (Å²) in [6.07, 6.45) is 3.09. The first-order chi connectivity index (χ1) is 6.34. The second-order valence-electron chi connectivity index (χ2n) is 3.78. The normalized spacial score (nSPS) is 19.1. The van der Waals surface area contributed by atoms with E-state index in [1.54, 1.807) is 0 Å². The minimum absolute atomic E-state index is 0.147. The Morgan fingerprint density at radius 2 is 2.00 bits per heavy atom. The van der Waals surface area contributed by atoms with Crippen LogP contribution in [0.5, 0.6) is 0 Å². The average molecular weight is 174 g/mol. The van der Waals surface area contributed by atoms with Crippen LogP contribution < -0.4 is 0 Å².